The molecule has 0 aliphatic rings. The van der Waals surface area contributed by atoms with Crippen LogP contribution in [0, 0.1) is 17.1 Å². The number of aliphatic hydroxyl groups is 1. The first-order valence-electron chi connectivity index (χ1n) is 10.1. The zero-order valence-corrected chi connectivity index (χ0v) is 17.6. The number of rotatable bonds is 9. The fourth-order valence-corrected chi connectivity index (χ4v) is 3.19. The average Bonchev–Trinajstić information content (AvgIpc) is 2.82. The zero-order chi connectivity index (χ0) is 23.8. The summed E-state index contributed by atoms with van der Waals surface area (Å²) in [6.07, 6.45) is 0.458. The van der Waals surface area contributed by atoms with Crippen molar-refractivity contribution in [2.24, 2.45) is 5.73 Å². The first-order chi connectivity index (χ1) is 15.9. The van der Waals surface area contributed by atoms with E-state index in [1.165, 1.54) is 18.2 Å². The van der Waals surface area contributed by atoms with E-state index in [2.05, 4.69) is 21.7 Å². The van der Waals surface area contributed by atoms with E-state index in [4.69, 9.17) is 5.73 Å². The monoisotopic (exact) mass is 447 g/mol. The molecule has 2 aromatic carbocycles. The van der Waals surface area contributed by atoms with Crippen molar-refractivity contribution in [1.82, 2.24) is 10.3 Å². The minimum absolute atomic E-state index is 0.118. The Bertz CT molecular complexity index is 1210. The van der Waals surface area contributed by atoms with E-state index in [1.54, 1.807) is 42.5 Å². The van der Waals surface area contributed by atoms with Crippen molar-refractivity contribution >= 4 is 17.6 Å². The summed E-state index contributed by atoms with van der Waals surface area (Å²) in [5, 5.41) is 24.1. The summed E-state index contributed by atoms with van der Waals surface area (Å²) < 4.78 is 13.4. The van der Waals surface area contributed by atoms with Gasteiger partial charge in [0, 0.05) is 12.1 Å². The molecule has 3 aromatic rings. The van der Waals surface area contributed by atoms with Crippen molar-refractivity contribution in [3.63, 3.8) is 0 Å². The minimum atomic E-state index is -1.25. The molecule has 33 heavy (non-hydrogen) atoms. The van der Waals surface area contributed by atoms with Gasteiger partial charge in [0.2, 0.25) is 5.91 Å². The minimum Gasteiger partial charge on any atom is -0.394 e. The van der Waals surface area contributed by atoms with E-state index >= 15 is 0 Å². The lowest BCUT2D eigenvalue weighted by atomic mass is 10.0. The number of nitrogens with two attached hydrogens (primary N) is 1. The molecule has 2 amide bonds. The van der Waals surface area contributed by atoms with Crippen LogP contribution in [0.15, 0.2) is 60.7 Å². The van der Waals surface area contributed by atoms with Gasteiger partial charge in [0.1, 0.15) is 17.7 Å². The Kier molecular flexibility index (Phi) is 7.68. The van der Waals surface area contributed by atoms with Crippen molar-refractivity contribution in [2.45, 2.75) is 12.5 Å². The number of pyridine rings is 1. The van der Waals surface area contributed by atoms with E-state index in [1.807, 2.05) is 0 Å². The average molecular weight is 447 g/mol. The molecular formula is C24H22FN5O3. The van der Waals surface area contributed by atoms with Gasteiger partial charge in [0.25, 0.3) is 5.91 Å². The summed E-state index contributed by atoms with van der Waals surface area (Å²) in [5.74, 6) is -1.68. The molecule has 1 atom stereocenters. The Hall–Kier alpha value is -4.29. The predicted octanol–water partition coefficient (Wildman–Crippen LogP) is 1.99. The highest BCUT2D eigenvalue weighted by atomic mass is 19.1. The number of nitriles is 1. The highest BCUT2D eigenvalue weighted by molar-refractivity contribution is 6.01. The quantitative estimate of drug-likeness (QED) is 0.395. The number of nitrogens with one attached hydrogen (secondary N) is 2. The molecular weight excluding hydrogens is 425 g/mol. The van der Waals surface area contributed by atoms with Crippen LogP contribution in [0.4, 0.5) is 10.2 Å². The van der Waals surface area contributed by atoms with Gasteiger partial charge in [-0.15, -0.1) is 0 Å². The van der Waals surface area contributed by atoms with Crippen LogP contribution in [0.3, 0.4) is 0 Å². The number of carbonyl (C=O) groups excluding carboxylic acids is 2. The Morgan fingerprint density at radius 1 is 1.15 bits per heavy atom. The van der Waals surface area contributed by atoms with Crippen molar-refractivity contribution in [1.29, 1.82) is 5.26 Å². The fraction of sp³-hybridized carbons (Fsp3) is 0.167. The van der Waals surface area contributed by atoms with Gasteiger partial charge in [0.15, 0.2) is 0 Å². The highest BCUT2D eigenvalue weighted by Crippen LogP contribution is 2.25. The number of carbonyl (C=O) groups is 2. The first kappa shape index (κ1) is 23.4. The molecule has 0 aliphatic carbocycles. The van der Waals surface area contributed by atoms with E-state index < -0.39 is 24.5 Å². The second-order valence-electron chi connectivity index (χ2n) is 7.17. The Labute approximate surface area is 189 Å². The maximum absolute atomic E-state index is 13.4. The molecule has 0 spiro atoms. The van der Waals surface area contributed by atoms with E-state index in [-0.39, 0.29) is 17.2 Å². The van der Waals surface area contributed by atoms with Crippen LogP contribution < -0.4 is 16.4 Å². The van der Waals surface area contributed by atoms with Crippen molar-refractivity contribution in [3.8, 4) is 17.3 Å². The van der Waals surface area contributed by atoms with Gasteiger partial charge in [0.05, 0.1) is 29.5 Å². The molecule has 0 saturated heterocycles. The van der Waals surface area contributed by atoms with Crippen LogP contribution in [0.2, 0.25) is 0 Å². The molecule has 0 aliphatic heterocycles. The molecule has 0 bridgehead atoms. The molecule has 0 saturated carbocycles. The number of nitrogens with zero attached hydrogens (tertiary/aromatic N) is 2. The van der Waals surface area contributed by atoms with Crippen LogP contribution in [0.1, 0.15) is 21.5 Å². The van der Waals surface area contributed by atoms with Gasteiger partial charge < -0.3 is 21.5 Å². The molecule has 8 nitrogen and oxygen atoms in total. The Balaban J connectivity index is 1.91. The molecule has 0 unspecified atom stereocenters. The van der Waals surface area contributed by atoms with Gasteiger partial charge in [-0.3, -0.25) is 9.59 Å². The standard InChI is InChI=1S/C24H22FN5O3/c25-17-6-3-4-15(12-17)10-11-28-23-19(24(33)30-21(14-31)22(27)32)8-9-20(29-23)18-7-2-1-5-16(18)13-26/h1-9,12,21,31H,10-11,14H2,(H2,27,32)(H,28,29)(H,30,33)/t21-/m0/s1. The van der Waals surface area contributed by atoms with Crippen LogP contribution in [0.5, 0.6) is 0 Å². The van der Waals surface area contributed by atoms with Gasteiger partial charge in [-0.2, -0.15) is 5.26 Å². The lowest BCUT2D eigenvalue weighted by Crippen LogP contribution is -2.47. The van der Waals surface area contributed by atoms with Crippen molar-refractivity contribution < 1.29 is 19.1 Å². The number of anilines is 1. The van der Waals surface area contributed by atoms with Crippen LogP contribution in [-0.2, 0) is 11.2 Å². The van der Waals surface area contributed by atoms with E-state index in [0.29, 0.717) is 29.8 Å². The molecule has 9 heteroatoms. The third kappa shape index (κ3) is 5.90. The largest absolute Gasteiger partial charge is 0.394 e. The molecule has 0 fully saturated rings. The van der Waals surface area contributed by atoms with Crippen LogP contribution in [-0.4, -0.2) is 41.1 Å². The summed E-state index contributed by atoms with van der Waals surface area (Å²) in [6, 6.07) is 17.0. The number of aromatic nitrogens is 1. The summed E-state index contributed by atoms with van der Waals surface area (Å²) in [6.45, 7) is -0.316. The number of hydrogen-bond donors (Lipinski definition) is 4. The summed E-state index contributed by atoms with van der Waals surface area (Å²) >= 11 is 0. The summed E-state index contributed by atoms with van der Waals surface area (Å²) in [5.41, 5.74) is 7.54. The van der Waals surface area contributed by atoms with Gasteiger partial charge in [-0.1, -0.05) is 30.3 Å². The zero-order valence-electron chi connectivity index (χ0n) is 17.6. The Morgan fingerprint density at radius 2 is 1.94 bits per heavy atom. The predicted molar refractivity (Wildman–Crippen MR) is 121 cm³/mol. The first-order valence-corrected chi connectivity index (χ1v) is 10.1. The normalized spacial score (nSPS) is 11.3. The highest BCUT2D eigenvalue weighted by Gasteiger charge is 2.21. The number of amides is 2. The fourth-order valence-electron chi connectivity index (χ4n) is 3.19. The van der Waals surface area contributed by atoms with Crippen LogP contribution in [0.25, 0.3) is 11.3 Å². The van der Waals surface area contributed by atoms with Crippen molar-refractivity contribution in [3.05, 3.63) is 83.2 Å². The number of aliphatic hydroxyl groups excluding tert-OH is 1. The topological polar surface area (TPSA) is 141 Å². The second-order valence-corrected chi connectivity index (χ2v) is 7.17. The molecule has 0 radical (unpaired) electrons. The smallest absolute Gasteiger partial charge is 0.255 e. The summed E-state index contributed by atoms with van der Waals surface area (Å²) in [7, 11) is 0. The molecule has 5 N–H and O–H groups in total. The molecule has 168 valence electrons. The maximum Gasteiger partial charge on any atom is 0.255 e. The molecule has 3 rings (SSSR count). The molecule has 1 aromatic heterocycles. The van der Waals surface area contributed by atoms with E-state index in [9.17, 15) is 24.3 Å². The van der Waals surface area contributed by atoms with Gasteiger partial charge >= 0.3 is 0 Å². The lowest BCUT2D eigenvalue weighted by Gasteiger charge is -2.16. The third-order valence-corrected chi connectivity index (χ3v) is 4.89. The number of primary amides is 1. The lowest BCUT2D eigenvalue weighted by molar-refractivity contribution is -0.120. The summed E-state index contributed by atoms with van der Waals surface area (Å²) in [4.78, 5) is 28.7. The van der Waals surface area contributed by atoms with Crippen molar-refractivity contribution in [2.75, 3.05) is 18.5 Å². The maximum atomic E-state index is 13.4. The SMILES string of the molecule is N#Cc1ccccc1-c1ccc(C(=O)N[C@@H](CO)C(N)=O)c(NCCc2cccc(F)c2)n1. The van der Waals surface area contributed by atoms with Crippen LogP contribution >= 0.6 is 0 Å². The number of benzene rings is 2. The van der Waals surface area contributed by atoms with Gasteiger partial charge in [-0.05, 0) is 42.3 Å². The number of hydrogen-bond acceptors (Lipinski definition) is 6. The Morgan fingerprint density at radius 3 is 2.64 bits per heavy atom. The van der Waals surface area contributed by atoms with Gasteiger partial charge in [-0.25, -0.2) is 9.37 Å². The van der Waals surface area contributed by atoms with E-state index in [0.717, 1.165) is 5.56 Å². The second kappa shape index (κ2) is 10.8. The molecule has 1 heterocycles. The number of halogens is 1. The third-order valence-electron chi connectivity index (χ3n) is 4.89.